The van der Waals surface area contributed by atoms with Crippen LogP contribution in [0.25, 0.3) is 0 Å². The smallest absolute Gasteiger partial charge is 0.291 e. The van der Waals surface area contributed by atoms with Gasteiger partial charge >= 0.3 is 0 Å². The number of furan rings is 1. The summed E-state index contributed by atoms with van der Waals surface area (Å²) in [5.41, 5.74) is 2.58. The molecule has 0 aliphatic carbocycles. The molecule has 3 amide bonds. The van der Waals surface area contributed by atoms with Crippen LogP contribution in [0.1, 0.15) is 41.7 Å². The average Bonchev–Trinajstić information content (AvgIpc) is 3.32. The van der Waals surface area contributed by atoms with Gasteiger partial charge in [0.15, 0.2) is 5.76 Å². The van der Waals surface area contributed by atoms with E-state index in [4.69, 9.17) is 4.42 Å². The van der Waals surface area contributed by atoms with Crippen LogP contribution in [0.15, 0.2) is 47.1 Å². The minimum absolute atomic E-state index is 0.193. The molecule has 7 nitrogen and oxygen atoms in total. The van der Waals surface area contributed by atoms with Crippen LogP contribution in [0, 0.1) is 13.8 Å². The van der Waals surface area contributed by atoms with E-state index in [2.05, 4.69) is 16.0 Å². The fraction of sp³-hybridized carbons (Fsp3) is 0.150. The third kappa shape index (κ3) is 4.12. The van der Waals surface area contributed by atoms with Gasteiger partial charge in [0.05, 0.1) is 16.1 Å². The minimum atomic E-state index is -0.382. The van der Waals surface area contributed by atoms with Gasteiger partial charge in [0, 0.05) is 18.3 Å². The van der Waals surface area contributed by atoms with E-state index in [-0.39, 0.29) is 23.5 Å². The Kier molecular flexibility index (Phi) is 5.60. The molecule has 3 N–H and O–H groups in total. The zero-order chi connectivity index (χ0) is 20.3. The third-order valence-electron chi connectivity index (χ3n) is 4.08. The maximum Gasteiger partial charge on any atom is 0.291 e. The highest BCUT2D eigenvalue weighted by Gasteiger charge is 2.18. The molecule has 2 heterocycles. The fourth-order valence-electron chi connectivity index (χ4n) is 2.57. The van der Waals surface area contributed by atoms with E-state index in [9.17, 15) is 14.4 Å². The first-order chi connectivity index (χ1) is 13.4. The summed E-state index contributed by atoms with van der Waals surface area (Å²) in [5.74, 6) is -0.727. The molecule has 0 bridgehead atoms. The van der Waals surface area contributed by atoms with Crippen molar-refractivity contribution in [2.24, 2.45) is 0 Å². The van der Waals surface area contributed by atoms with Gasteiger partial charge in [0.1, 0.15) is 0 Å². The number of hydrogen-bond donors (Lipinski definition) is 3. The molecule has 1 aromatic carbocycles. The van der Waals surface area contributed by atoms with Gasteiger partial charge < -0.3 is 20.4 Å². The van der Waals surface area contributed by atoms with Crippen molar-refractivity contribution in [3.05, 3.63) is 70.0 Å². The Labute approximate surface area is 165 Å². The van der Waals surface area contributed by atoms with E-state index in [1.165, 1.54) is 17.6 Å². The molecule has 0 saturated carbocycles. The molecular formula is C20H19N3O4S. The van der Waals surface area contributed by atoms with Gasteiger partial charge in [-0.3, -0.25) is 14.4 Å². The number of hydrogen-bond acceptors (Lipinski definition) is 5. The molecule has 0 saturated heterocycles. The summed E-state index contributed by atoms with van der Waals surface area (Å²) in [6.45, 7) is 3.64. The summed E-state index contributed by atoms with van der Waals surface area (Å²) >= 11 is 1.17. The van der Waals surface area contributed by atoms with Crippen molar-refractivity contribution in [1.82, 2.24) is 5.32 Å². The fourth-order valence-corrected chi connectivity index (χ4v) is 3.53. The van der Waals surface area contributed by atoms with Crippen LogP contribution in [-0.4, -0.2) is 24.8 Å². The summed E-state index contributed by atoms with van der Waals surface area (Å²) in [7, 11) is 1.55. The number of carbonyl (C=O) groups is 3. The summed E-state index contributed by atoms with van der Waals surface area (Å²) in [6.07, 6.45) is 1.42. The first-order valence-electron chi connectivity index (χ1n) is 8.48. The topological polar surface area (TPSA) is 100 Å². The molecule has 28 heavy (non-hydrogen) atoms. The first-order valence-corrected chi connectivity index (χ1v) is 9.30. The molecule has 0 aliphatic rings. The Hall–Kier alpha value is -3.39. The molecule has 0 spiro atoms. The van der Waals surface area contributed by atoms with Crippen molar-refractivity contribution in [2.45, 2.75) is 13.8 Å². The van der Waals surface area contributed by atoms with Crippen LogP contribution in [0.3, 0.4) is 0 Å². The van der Waals surface area contributed by atoms with E-state index in [0.29, 0.717) is 21.1 Å². The monoisotopic (exact) mass is 397 g/mol. The Morgan fingerprint density at radius 1 is 0.929 bits per heavy atom. The summed E-state index contributed by atoms with van der Waals surface area (Å²) in [6, 6.07) is 10.0. The number of thiophene rings is 1. The lowest BCUT2D eigenvalue weighted by Crippen LogP contribution is -2.19. The second-order valence-electron chi connectivity index (χ2n) is 6.12. The van der Waals surface area contributed by atoms with Crippen LogP contribution in [-0.2, 0) is 0 Å². The Bertz CT molecular complexity index is 1040. The van der Waals surface area contributed by atoms with Crippen LogP contribution in [0.5, 0.6) is 0 Å². The second-order valence-corrected chi connectivity index (χ2v) is 7.17. The summed E-state index contributed by atoms with van der Waals surface area (Å²) < 4.78 is 5.06. The molecule has 0 unspecified atom stereocenters. The molecule has 0 radical (unpaired) electrons. The van der Waals surface area contributed by atoms with Gasteiger partial charge in [0.2, 0.25) is 0 Å². The minimum Gasteiger partial charge on any atom is -0.459 e. The lowest BCUT2D eigenvalue weighted by molar-refractivity contribution is 0.0960. The number of amides is 3. The Balaban J connectivity index is 1.77. The maximum atomic E-state index is 12.7. The van der Waals surface area contributed by atoms with Crippen LogP contribution < -0.4 is 16.0 Å². The molecule has 3 rings (SSSR count). The highest BCUT2D eigenvalue weighted by molar-refractivity contribution is 7.18. The van der Waals surface area contributed by atoms with Crippen molar-refractivity contribution in [2.75, 3.05) is 17.7 Å². The molecule has 0 aliphatic heterocycles. The van der Waals surface area contributed by atoms with E-state index in [1.807, 2.05) is 6.92 Å². The van der Waals surface area contributed by atoms with Crippen molar-refractivity contribution in [3.8, 4) is 0 Å². The largest absolute Gasteiger partial charge is 0.459 e. The van der Waals surface area contributed by atoms with Crippen molar-refractivity contribution >= 4 is 39.7 Å². The van der Waals surface area contributed by atoms with Gasteiger partial charge in [-0.15, -0.1) is 11.3 Å². The summed E-state index contributed by atoms with van der Waals surface area (Å²) in [4.78, 5) is 37.1. The van der Waals surface area contributed by atoms with Crippen molar-refractivity contribution in [1.29, 1.82) is 0 Å². The molecule has 8 heteroatoms. The lowest BCUT2D eigenvalue weighted by atomic mass is 10.1. The predicted octanol–water partition coefficient (Wildman–Crippen LogP) is 3.82. The zero-order valence-corrected chi connectivity index (χ0v) is 16.4. The standard InChI is InChI=1S/C20H19N3O4S/c1-11-6-7-13(18(24)21-3)10-14(11)22-20(26)17-12(2)9-16(28-17)23-19(25)15-5-4-8-27-15/h4-10H,1-3H3,(H,21,24)(H,22,26)(H,23,25). The lowest BCUT2D eigenvalue weighted by Gasteiger charge is -2.10. The number of aryl methyl sites for hydroxylation is 2. The Morgan fingerprint density at radius 3 is 2.39 bits per heavy atom. The van der Waals surface area contributed by atoms with Gasteiger partial charge in [-0.05, 0) is 55.3 Å². The zero-order valence-electron chi connectivity index (χ0n) is 15.6. The number of carbonyl (C=O) groups excluding carboxylic acids is 3. The van der Waals surface area contributed by atoms with Gasteiger partial charge in [-0.1, -0.05) is 6.07 Å². The maximum absolute atomic E-state index is 12.7. The van der Waals surface area contributed by atoms with E-state index in [1.54, 1.807) is 50.4 Å². The second kappa shape index (κ2) is 8.10. The van der Waals surface area contributed by atoms with E-state index in [0.717, 1.165) is 11.1 Å². The van der Waals surface area contributed by atoms with Crippen LogP contribution in [0.2, 0.25) is 0 Å². The summed E-state index contributed by atoms with van der Waals surface area (Å²) in [5, 5.41) is 8.66. The van der Waals surface area contributed by atoms with Crippen molar-refractivity contribution in [3.63, 3.8) is 0 Å². The van der Waals surface area contributed by atoms with Crippen LogP contribution in [0.4, 0.5) is 10.7 Å². The number of rotatable bonds is 5. The SMILES string of the molecule is CNC(=O)c1ccc(C)c(NC(=O)c2sc(NC(=O)c3ccco3)cc2C)c1. The highest BCUT2D eigenvalue weighted by Crippen LogP contribution is 2.28. The molecule has 0 fully saturated rings. The quantitative estimate of drug-likeness (QED) is 0.609. The molecular weight excluding hydrogens is 378 g/mol. The highest BCUT2D eigenvalue weighted by atomic mass is 32.1. The number of benzene rings is 1. The Morgan fingerprint density at radius 2 is 1.71 bits per heavy atom. The number of anilines is 2. The first kappa shape index (κ1) is 19.4. The normalized spacial score (nSPS) is 10.4. The van der Waals surface area contributed by atoms with Gasteiger partial charge in [-0.25, -0.2) is 0 Å². The molecule has 0 atom stereocenters. The van der Waals surface area contributed by atoms with Crippen LogP contribution >= 0.6 is 11.3 Å². The van der Waals surface area contributed by atoms with Crippen molar-refractivity contribution < 1.29 is 18.8 Å². The molecule has 144 valence electrons. The van der Waals surface area contributed by atoms with E-state index >= 15 is 0 Å². The predicted molar refractivity (Wildman–Crippen MR) is 108 cm³/mol. The van der Waals surface area contributed by atoms with E-state index < -0.39 is 0 Å². The number of nitrogens with one attached hydrogen (secondary N) is 3. The molecule has 3 aromatic rings. The van der Waals surface area contributed by atoms with Gasteiger partial charge in [0.25, 0.3) is 17.7 Å². The van der Waals surface area contributed by atoms with Gasteiger partial charge in [-0.2, -0.15) is 0 Å². The third-order valence-corrected chi connectivity index (χ3v) is 5.23. The average molecular weight is 397 g/mol. The molecule has 2 aromatic heterocycles.